The summed E-state index contributed by atoms with van der Waals surface area (Å²) in [5, 5.41) is 7.53. The van der Waals surface area contributed by atoms with Gasteiger partial charge in [-0.15, -0.1) is 24.0 Å². The smallest absolute Gasteiger partial charge is 0.193 e. The van der Waals surface area contributed by atoms with Crippen LogP contribution in [0.4, 0.5) is 5.69 Å². The number of aliphatic imine (C=N–C) groups is 1. The summed E-state index contributed by atoms with van der Waals surface area (Å²) < 4.78 is 7.06. The lowest BCUT2D eigenvalue weighted by atomic mass is 10.2. The first-order valence-electron chi connectivity index (χ1n) is 8.49. The molecular weight excluding hydrogens is 453 g/mol. The number of ether oxygens (including phenoxy) is 1. The third kappa shape index (κ3) is 6.07. The molecule has 0 aliphatic carbocycles. The summed E-state index contributed by atoms with van der Waals surface area (Å²) in [6, 6.07) is 17.9. The highest BCUT2D eigenvalue weighted by Crippen LogP contribution is 2.15. The van der Waals surface area contributed by atoms with Crippen LogP contribution in [0.15, 0.2) is 72.0 Å². The zero-order valence-electron chi connectivity index (χ0n) is 15.2. The second-order valence-electron chi connectivity index (χ2n) is 5.86. The molecule has 0 bridgehead atoms. The Labute approximate surface area is 176 Å². The van der Waals surface area contributed by atoms with Gasteiger partial charge in [-0.3, -0.25) is 4.99 Å². The van der Waals surface area contributed by atoms with Gasteiger partial charge in [-0.25, -0.2) is 4.68 Å². The van der Waals surface area contributed by atoms with Crippen molar-refractivity contribution >= 4 is 35.6 Å². The van der Waals surface area contributed by atoms with E-state index in [0.717, 1.165) is 28.9 Å². The predicted molar refractivity (Wildman–Crippen MR) is 120 cm³/mol. The zero-order valence-corrected chi connectivity index (χ0v) is 17.5. The number of nitrogens with one attached hydrogen (secondary N) is 1. The van der Waals surface area contributed by atoms with Gasteiger partial charge in [0.15, 0.2) is 5.96 Å². The zero-order chi connectivity index (χ0) is 18.2. The lowest BCUT2D eigenvalue weighted by molar-refractivity contribution is 0.185. The van der Waals surface area contributed by atoms with Crippen LogP contribution in [0.3, 0.4) is 0 Å². The molecule has 0 aliphatic rings. The molecule has 27 heavy (non-hydrogen) atoms. The highest BCUT2D eigenvalue weighted by atomic mass is 127. The average molecular weight is 477 g/mol. The van der Waals surface area contributed by atoms with Crippen LogP contribution < -0.4 is 11.1 Å². The van der Waals surface area contributed by atoms with Gasteiger partial charge in [0.2, 0.25) is 0 Å². The molecule has 0 spiro atoms. The Kier molecular flexibility index (Phi) is 8.28. The maximum absolute atomic E-state index is 6.01. The van der Waals surface area contributed by atoms with E-state index in [4.69, 9.17) is 10.5 Å². The second-order valence-corrected chi connectivity index (χ2v) is 5.86. The summed E-state index contributed by atoms with van der Waals surface area (Å²) in [6.07, 6.45) is 4.65. The van der Waals surface area contributed by atoms with Gasteiger partial charge in [0.1, 0.15) is 0 Å². The molecule has 3 rings (SSSR count). The SMILES string of the molecule is COCc1ccccc1NC(N)=NCCc1cnn(-c2ccccc2)c1.I. The van der Waals surface area contributed by atoms with E-state index in [9.17, 15) is 0 Å². The molecule has 1 aromatic heterocycles. The second kappa shape index (κ2) is 10.7. The number of guanidine groups is 1. The maximum Gasteiger partial charge on any atom is 0.193 e. The number of benzene rings is 2. The molecule has 0 fully saturated rings. The fourth-order valence-electron chi connectivity index (χ4n) is 2.62. The van der Waals surface area contributed by atoms with E-state index in [-0.39, 0.29) is 24.0 Å². The number of anilines is 1. The number of nitrogens with two attached hydrogens (primary N) is 1. The molecule has 142 valence electrons. The number of para-hydroxylation sites is 2. The molecule has 1 heterocycles. The van der Waals surface area contributed by atoms with Gasteiger partial charge in [-0.2, -0.15) is 5.10 Å². The fourth-order valence-corrected chi connectivity index (χ4v) is 2.62. The largest absolute Gasteiger partial charge is 0.380 e. The standard InChI is InChI=1S/C20H23N5O.HI/c1-26-15-17-7-5-6-10-19(17)24-20(21)22-12-11-16-13-23-25(14-16)18-8-3-2-4-9-18;/h2-10,13-14H,11-12,15H2,1H3,(H3,21,22,24);1H. The normalized spacial score (nSPS) is 11.1. The fraction of sp³-hybridized carbons (Fsp3) is 0.200. The first-order chi connectivity index (χ1) is 12.8. The number of methoxy groups -OCH3 is 1. The average Bonchev–Trinajstić information content (AvgIpc) is 3.13. The van der Waals surface area contributed by atoms with Crippen molar-refractivity contribution in [1.29, 1.82) is 0 Å². The number of rotatable bonds is 7. The van der Waals surface area contributed by atoms with Crippen LogP contribution in [-0.2, 0) is 17.8 Å². The summed E-state index contributed by atoms with van der Waals surface area (Å²) in [6.45, 7) is 1.11. The minimum atomic E-state index is 0. The van der Waals surface area contributed by atoms with Crippen LogP contribution in [0.5, 0.6) is 0 Å². The summed E-state index contributed by atoms with van der Waals surface area (Å²) in [4.78, 5) is 4.40. The van der Waals surface area contributed by atoms with Crippen LogP contribution in [0.1, 0.15) is 11.1 Å². The van der Waals surface area contributed by atoms with Crippen molar-refractivity contribution in [2.24, 2.45) is 10.7 Å². The van der Waals surface area contributed by atoms with E-state index in [1.54, 1.807) is 7.11 Å². The molecule has 0 aliphatic heterocycles. The first kappa shape index (κ1) is 20.9. The van der Waals surface area contributed by atoms with Gasteiger partial charge in [0, 0.05) is 31.1 Å². The first-order valence-corrected chi connectivity index (χ1v) is 8.49. The van der Waals surface area contributed by atoms with Crippen LogP contribution in [0, 0.1) is 0 Å². The predicted octanol–water partition coefficient (Wildman–Crippen LogP) is 3.61. The highest BCUT2D eigenvalue weighted by Gasteiger charge is 2.03. The highest BCUT2D eigenvalue weighted by molar-refractivity contribution is 14.0. The minimum Gasteiger partial charge on any atom is -0.380 e. The van der Waals surface area contributed by atoms with Crippen LogP contribution >= 0.6 is 24.0 Å². The van der Waals surface area contributed by atoms with Crippen LogP contribution in [0.25, 0.3) is 5.69 Å². The van der Waals surface area contributed by atoms with Crippen molar-refractivity contribution in [1.82, 2.24) is 9.78 Å². The molecule has 0 saturated carbocycles. The Morgan fingerprint density at radius 3 is 2.67 bits per heavy atom. The number of halogens is 1. The lowest BCUT2D eigenvalue weighted by Crippen LogP contribution is -2.23. The Morgan fingerprint density at radius 1 is 1.15 bits per heavy atom. The van der Waals surface area contributed by atoms with E-state index in [2.05, 4.69) is 15.4 Å². The van der Waals surface area contributed by atoms with Gasteiger partial charge in [-0.1, -0.05) is 36.4 Å². The third-order valence-electron chi connectivity index (χ3n) is 3.92. The number of hydrogen-bond acceptors (Lipinski definition) is 3. The van der Waals surface area contributed by atoms with Crippen molar-refractivity contribution < 1.29 is 4.74 Å². The van der Waals surface area contributed by atoms with Gasteiger partial charge in [0.05, 0.1) is 18.5 Å². The monoisotopic (exact) mass is 477 g/mol. The summed E-state index contributed by atoms with van der Waals surface area (Å²) in [7, 11) is 1.67. The molecule has 0 unspecified atom stereocenters. The van der Waals surface area contributed by atoms with Crippen molar-refractivity contribution in [3.05, 3.63) is 78.1 Å². The van der Waals surface area contributed by atoms with Gasteiger partial charge in [-0.05, 0) is 30.2 Å². The van der Waals surface area contributed by atoms with E-state index in [0.29, 0.717) is 19.1 Å². The quantitative estimate of drug-likeness (QED) is 0.310. The topological polar surface area (TPSA) is 77.5 Å². The number of nitrogens with zero attached hydrogens (tertiary/aromatic N) is 3. The third-order valence-corrected chi connectivity index (χ3v) is 3.92. The van der Waals surface area contributed by atoms with Crippen molar-refractivity contribution in [2.45, 2.75) is 13.0 Å². The number of hydrogen-bond donors (Lipinski definition) is 2. The summed E-state index contributed by atoms with van der Waals surface area (Å²) in [5.41, 5.74) is 10.1. The van der Waals surface area contributed by atoms with Crippen molar-refractivity contribution in [3.8, 4) is 5.69 Å². The molecule has 0 radical (unpaired) electrons. The lowest BCUT2D eigenvalue weighted by Gasteiger charge is -2.10. The Hall–Kier alpha value is -2.39. The Balaban J connectivity index is 0.00000261. The van der Waals surface area contributed by atoms with E-state index in [1.807, 2.05) is 71.7 Å². The number of aromatic nitrogens is 2. The summed E-state index contributed by atoms with van der Waals surface area (Å²) in [5.74, 6) is 0.393. The summed E-state index contributed by atoms with van der Waals surface area (Å²) >= 11 is 0. The van der Waals surface area contributed by atoms with Crippen LogP contribution in [0.2, 0.25) is 0 Å². The van der Waals surface area contributed by atoms with Gasteiger partial charge in [0.25, 0.3) is 0 Å². The Bertz CT molecular complexity index is 864. The molecule has 3 aromatic rings. The molecule has 6 nitrogen and oxygen atoms in total. The van der Waals surface area contributed by atoms with Gasteiger partial charge >= 0.3 is 0 Å². The van der Waals surface area contributed by atoms with Crippen molar-refractivity contribution in [2.75, 3.05) is 19.0 Å². The molecule has 0 atom stereocenters. The van der Waals surface area contributed by atoms with E-state index in [1.165, 1.54) is 0 Å². The molecule has 0 saturated heterocycles. The maximum atomic E-state index is 6.01. The Morgan fingerprint density at radius 2 is 1.89 bits per heavy atom. The molecule has 0 amide bonds. The van der Waals surface area contributed by atoms with Crippen molar-refractivity contribution in [3.63, 3.8) is 0 Å². The van der Waals surface area contributed by atoms with Gasteiger partial charge < -0.3 is 15.8 Å². The molecule has 3 N–H and O–H groups in total. The van der Waals surface area contributed by atoms with Crippen LogP contribution in [-0.4, -0.2) is 29.4 Å². The molecular formula is C20H24IN5O. The molecule has 7 heteroatoms. The minimum absolute atomic E-state index is 0. The van der Waals surface area contributed by atoms with E-state index >= 15 is 0 Å². The molecule has 2 aromatic carbocycles. The van der Waals surface area contributed by atoms with E-state index < -0.39 is 0 Å².